The Morgan fingerprint density at radius 2 is 1.83 bits per heavy atom. The van der Waals surface area contributed by atoms with Gasteiger partial charge in [-0.15, -0.1) is 0 Å². The molecule has 2 heterocycles. The molecule has 5 rings (SSSR count). The van der Waals surface area contributed by atoms with E-state index in [0.717, 1.165) is 6.42 Å². The summed E-state index contributed by atoms with van der Waals surface area (Å²) in [5.74, 6) is -1.66. The Balaban J connectivity index is 1.38. The molecule has 0 saturated carbocycles. The predicted molar refractivity (Wildman–Crippen MR) is 126 cm³/mol. The zero-order chi connectivity index (χ0) is 24.4. The van der Waals surface area contributed by atoms with Crippen LogP contribution < -0.4 is 10.1 Å². The van der Waals surface area contributed by atoms with Crippen LogP contribution in [0.2, 0.25) is 0 Å². The second-order valence-electron chi connectivity index (χ2n) is 7.92. The van der Waals surface area contributed by atoms with Crippen molar-refractivity contribution in [2.75, 3.05) is 25.6 Å². The van der Waals surface area contributed by atoms with Gasteiger partial charge in [0.25, 0.3) is 0 Å². The van der Waals surface area contributed by atoms with Crippen LogP contribution in [-0.4, -0.2) is 56.9 Å². The van der Waals surface area contributed by atoms with Crippen molar-refractivity contribution in [2.45, 2.75) is 12.3 Å². The molecule has 1 atom stereocenters. The molecule has 2 N–H and O–H groups in total. The van der Waals surface area contributed by atoms with Crippen molar-refractivity contribution in [3.05, 3.63) is 71.7 Å². The maximum absolute atomic E-state index is 13.2. The van der Waals surface area contributed by atoms with Crippen molar-refractivity contribution in [3.8, 4) is 17.5 Å². The van der Waals surface area contributed by atoms with E-state index in [-0.39, 0.29) is 34.3 Å². The summed E-state index contributed by atoms with van der Waals surface area (Å²) in [7, 11) is 1.63. The molecule has 1 aliphatic carbocycles. The van der Waals surface area contributed by atoms with E-state index in [1.807, 2.05) is 6.07 Å². The normalized spacial score (nSPS) is 14.8. The molecular formula is C25H21N5O5. The summed E-state index contributed by atoms with van der Waals surface area (Å²) in [6.07, 6.45) is 2.09. The molecule has 0 spiro atoms. The first kappa shape index (κ1) is 22.4. The summed E-state index contributed by atoms with van der Waals surface area (Å²) in [6, 6.07) is 13.3. The summed E-state index contributed by atoms with van der Waals surface area (Å²) in [5.41, 5.74) is 1.07. The number of aromatic nitrogens is 4. The number of ether oxygens (including phenoxy) is 2. The lowest BCUT2D eigenvalue weighted by Crippen LogP contribution is -2.14. The van der Waals surface area contributed by atoms with E-state index in [9.17, 15) is 14.7 Å². The molecule has 0 amide bonds. The highest BCUT2D eigenvalue weighted by molar-refractivity contribution is 6.30. The number of nitrogens with one attached hydrogen (secondary N) is 1. The van der Waals surface area contributed by atoms with E-state index in [2.05, 4.69) is 25.3 Å². The average molecular weight is 471 g/mol. The molecule has 10 heteroatoms. The van der Waals surface area contributed by atoms with Crippen LogP contribution >= 0.6 is 0 Å². The quantitative estimate of drug-likeness (QED) is 0.290. The lowest BCUT2D eigenvalue weighted by atomic mass is 9.97. The van der Waals surface area contributed by atoms with Crippen molar-refractivity contribution in [3.63, 3.8) is 0 Å². The van der Waals surface area contributed by atoms with Gasteiger partial charge in [0.1, 0.15) is 29.4 Å². The van der Waals surface area contributed by atoms with Gasteiger partial charge in [0.15, 0.2) is 11.6 Å². The molecule has 1 aliphatic rings. The number of carbonyl (C=O) groups is 2. The monoisotopic (exact) mass is 471 g/mol. The van der Waals surface area contributed by atoms with E-state index in [4.69, 9.17) is 9.47 Å². The standard InChI is InChI=1S/C25H21N5O5/c1-34-10-4-9-26-24-27-13-28-25(30-24)35-15-7-8-16-17(12-15)23(33)20(22(16)32)21-19(31)11-14-5-2-3-6-18(14)29-21/h2-3,5-8,11-13,20,31H,4,9-10H2,1H3,(H,26,27,28,30). The number of methoxy groups -OCH3 is 1. The molecule has 2 aromatic heterocycles. The van der Waals surface area contributed by atoms with Crippen molar-refractivity contribution in [2.24, 2.45) is 0 Å². The van der Waals surface area contributed by atoms with Gasteiger partial charge < -0.3 is 19.9 Å². The van der Waals surface area contributed by atoms with Crippen molar-refractivity contribution in [1.29, 1.82) is 0 Å². The maximum Gasteiger partial charge on any atom is 0.326 e. The molecular weight excluding hydrogens is 450 g/mol. The molecule has 4 aromatic rings. The highest BCUT2D eigenvalue weighted by atomic mass is 16.5. The number of rotatable bonds is 8. The maximum atomic E-state index is 13.2. The highest BCUT2D eigenvalue weighted by Gasteiger charge is 2.42. The van der Waals surface area contributed by atoms with Crippen LogP contribution in [0.25, 0.3) is 10.9 Å². The van der Waals surface area contributed by atoms with E-state index in [1.165, 1.54) is 24.5 Å². The third-order valence-electron chi connectivity index (χ3n) is 5.62. The topological polar surface area (TPSA) is 136 Å². The number of nitrogens with zero attached hydrogens (tertiary/aromatic N) is 4. The number of aromatic hydroxyl groups is 1. The molecule has 2 aromatic carbocycles. The van der Waals surface area contributed by atoms with Gasteiger partial charge >= 0.3 is 6.01 Å². The first-order valence-corrected chi connectivity index (χ1v) is 11.0. The summed E-state index contributed by atoms with van der Waals surface area (Å²) in [4.78, 5) is 43.0. The van der Waals surface area contributed by atoms with Gasteiger partial charge in [-0.3, -0.25) is 9.59 Å². The summed E-state index contributed by atoms with van der Waals surface area (Å²) < 4.78 is 10.7. The van der Waals surface area contributed by atoms with Crippen LogP contribution in [0.4, 0.5) is 5.95 Å². The Kier molecular flexibility index (Phi) is 6.02. The molecule has 0 bridgehead atoms. The minimum atomic E-state index is -1.22. The number of fused-ring (bicyclic) bond motifs is 2. The number of carbonyl (C=O) groups excluding carboxylic acids is 2. The van der Waals surface area contributed by atoms with Crippen molar-refractivity contribution < 1.29 is 24.2 Å². The second kappa shape index (κ2) is 9.43. The Morgan fingerprint density at radius 3 is 2.69 bits per heavy atom. The number of benzene rings is 2. The first-order valence-electron chi connectivity index (χ1n) is 11.0. The van der Waals surface area contributed by atoms with Crippen molar-refractivity contribution in [1.82, 2.24) is 19.9 Å². The number of Topliss-reactive ketones (excluding diaryl/α,β-unsaturated/α-hetero) is 2. The number of anilines is 1. The van der Waals surface area contributed by atoms with Gasteiger partial charge in [-0.05, 0) is 36.8 Å². The van der Waals surface area contributed by atoms with E-state index >= 15 is 0 Å². The van der Waals surface area contributed by atoms with Crippen LogP contribution in [0.3, 0.4) is 0 Å². The van der Waals surface area contributed by atoms with E-state index in [1.54, 1.807) is 31.4 Å². The molecule has 35 heavy (non-hydrogen) atoms. The summed E-state index contributed by atoms with van der Waals surface area (Å²) in [5, 5.41) is 14.3. The minimum Gasteiger partial charge on any atom is -0.506 e. The van der Waals surface area contributed by atoms with Crippen molar-refractivity contribution >= 4 is 28.4 Å². The summed E-state index contributed by atoms with van der Waals surface area (Å²) in [6.45, 7) is 1.22. The Hall–Kier alpha value is -4.44. The third-order valence-corrected chi connectivity index (χ3v) is 5.62. The van der Waals surface area contributed by atoms with Crippen LogP contribution in [0, 0.1) is 0 Å². The Labute approximate surface area is 200 Å². The highest BCUT2D eigenvalue weighted by Crippen LogP contribution is 2.39. The molecule has 0 radical (unpaired) electrons. The Morgan fingerprint density at radius 1 is 1.00 bits per heavy atom. The number of pyridine rings is 1. The van der Waals surface area contributed by atoms with Gasteiger partial charge in [-0.25, -0.2) is 9.97 Å². The third kappa shape index (κ3) is 4.38. The van der Waals surface area contributed by atoms with Gasteiger partial charge in [-0.2, -0.15) is 9.97 Å². The van der Waals surface area contributed by atoms with Gasteiger partial charge in [-0.1, -0.05) is 18.2 Å². The lowest BCUT2D eigenvalue weighted by molar-refractivity contribution is 0.0886. The number of ketones is 2. The van der Waals surface area contributed by atoms with Crippen LogP contribution in [0.5, 0.6) is 17.5 Å². The summed E-state index contributed by atoms with van der Waals surface area (Å²) >= 11 is 0. The van der Waals surface area contributed by atoms with E-state index in [0.29, 0.717) is 30.0 Å². The zero-order valence-electron chi connectivity index (χ0n) is 18.8. The van der Waals surface area contributed by atoms with Gasteiger partial charge in [0.2, 0.25) is 5.95 Å². The number of hydrogen-bond acceptors (Lipinski definition) is 10. The fourth-order valence-corrected chi connectivity index (χ4v) is 3.95. The molecule has 0 fully saturated rings. The van der Waals surface area contributed by atoms with Gasteiger partial charge in [0.05, 0.1) is 5.52 Å². The SMILES string of the molecule is COCCCNc1ncnc(Oc2ccc3c(c2)C(=O)C(c2nc4ccccc4cc2O)C3=O)n1. The zero-order valence-corrected chi connectivity index (χ0v) is 18.8. The Bertz CT molecular complexity index is 1440. The molecule has 0 aliphatic heterocycles. The second-order valence-corrected chi connectivity index (χ2v) is 7.92. The molecule has 10 nitrogen and oxygen atoms in total. The fourth-order valence-electron chi connectivity index (χ4n) is 3.95. The lowest BCUT2D eigenvalue weighted by Gasteiger charge is -2.10. The first-order chi connectivity index (χ1) is 17.0. The molecule has 176 valence electrons. The average Bonchev–Trinajstić information content (AvgIpc) is 3.11. The van der Waals surface area contributed by atoms with Crippen LogP contribution in [0.15, 0.2) is 54.9 Å². The molecule has 1 unspecified atom stereocenters. The van der Waals surface area contributed by atoms with Crippen LogP contribution in [-0.2, 0) is 4.74 Å². The molecule has 0 saturated heterocycles. The van der Waals surface area contributed by atoms with Gasteiger partial charge in [0, 0.05) is 36.8 Å². The smallest absolute Gasteiger partial charge is 0.326 e. The fraction of sp³-hybridized carbons (Fsp3) is 0.200. The van der Waals surface area contributed by atoms with Crippen LogP contribution in [0.1, 0.15) is 38.7 Å². The van der Waals surface area contributed by atoms with E-state index < -0.39 is 17.5 Å². The predicted octanol–water partition coefficient (Wildman–Crippen LogP) is 3.53. The largest absolute Gasteiger partial charge is 0.506 e. The number of para-hydroxylation sites is 1. The number of hydrogen-bond donors (Lipinski definition) is 2. The minimum absolute atomic E-state index is 0.0383.